The summed E-state index contributed by atoms with van der Waals surface area (Å²) < 4.78 is 236. The minimum Gasteiger partial charge on any atom is -0.465 e. The standard InChI is InChI=1S/C20H20F18N2O4/c21-13(22,15(25,26)17(29,30)19(33,34)35)7-39(11(41)42)5-9-2-1-3-10(4-9)6-40(12(43)44)8-14(23,24)16(27,28)18(31,32)20(36,37)38/h9-10H,1-8H2,(H,41,42)(H,43,44). The monoisotopic (exact) mass is 694 g/mol. The highest BCUT2D eigenvalue weighted by Crippen LogP contribution is 2.54. The van der Waals surface area contributed by atoms with Crippen molar-refractivity contribution in [3.8, 4) is 0 Å². The van der Waals surface area contributed by atoms with Crippen LogP contribution in [0, 0.1) is 11.8 Å². The molecule has 0 spiro atoms. The largest absolute Gasteiger partial charge is 0.465 e. The summed E-state index contributed by atoms with van der Waals surface area (Å²) in [5, 5.41) is 18.1. The van der Waals surface area contributed by atoms with Crippen molar-refractivity contribution < 1.29 is 98.8 Å². The molecule has 1 aliphatic rings. The average molecular weight is 694 g/mol. The summed E-state index contributed by atoms with van der Waals surface area (Å²) in [5.74, 6) is -44.5. The Bertz CT molecular complexity index is 951. The highest BCUT2D eigenvalue weighted by Gasteiger charge is 2.83. The first-order valence-electron chi connectivity index (χ1n) is 11.6. The fraction of sp³-hybridized carbons (Fsp3) is 0.900. The van der Waals surface area contributed by atoms with Gasteiger partial charge in [0.1, 0.15) is 0 Å². The van der Waals surface area contributed by atoms with Crippen LogP contribution in [-0.2, 0) is 0 Å². The maximum absolute atomic E-state index is 14.0. The normalized spacial score (nSPS) is 20.0. The van der Waals surface area contributed by atoms with Crippen molar-refractivity contribution in [2.75, 3.05) is 26.2 Å². The zero-order valence-electron chi connectivity index (χ0n) is 21.2. The van der Waals surface area contributed by atoms with Crippen LogP contribution in [0.1, 0.15) is 25.7 Å². The molecule has 0 aromatic heterocycles. The van der Waals surface area contributed by atoms with Gasteiger partial charge in [0.05, 0.1) is 13.1 Å². The molecule has 0 bridgehead atoms. The maximum atomic E-state index is 14.0. The van der Waals surface area contributed by atoms with Gasteiger partial charge in [-0.3, -0.25) is 0 Å². The minimum absolute atomic E-state index is 0.201. The SMILES string of the molecule is O=C(O)N(CC1CCCC(CN(CC(F)(F)C(F)(F)C(F)(F)C(F)(F)F)C(=O)O)C1)CC(F)(F)C(F)(F)C(F)(F)C(F)(F)F. The molecule has 6 nitrogen and oxygen atoms in total. The van der Waals surface area contributed by atoms with Gasteiger partial charge < -0.3 is 20.0 Å². The Hall–Kier alpha value is -2.72. The molecule has 2 atom stereocenters. The molecule has 1 fully saturated rings. The van der Waals surface area contributed by atoms with Crippen LogP contribution in [0.25, 0.3) is 0 Å². The summed E-state index contributed by atoms with van der Waals surface area (Å²) in [4.78, 5) is 21.3. The predicted octanol–water partition coefficient (Wildman–Crippen LogP) is 7.69. The molecule has 0 aromatic rings. The van der Waals surface area contributed by atoms with Gasteiger partial charge in [-0.25, -0.2) is 9.59 Å². The molecule has 0 aromatic carbocycles. The lowest BCUT2D eigenvalue weighted by atomic mass is 9.80. The number of carboxylic acid groups (broad SMARTS) is 2. The minimum atomic E-state index is -7.34. The number of halogens is 18. The van der Waals surface area contributed by atoms with Crippen molar-refractivity contribution in [1.29, 1.82) is 0 Å². The third-order valence-electron chi connectivity index (χ3n) is 6.59. The van der Waals surface area contributed by atoms with Gasteiger partial charge in [-0.1, -0.05) is 6.42 Å². The van der Waals surface area contributed by atoms with E-state index in [-0.39, 0.29) is 19.3 Å². The third-order valence-corrected chi connectivity index (χ3v) is 6.59. The van der Waals surface area contributed by atoms with Crippen molar-refractivity contribution in [3.63, 3.8) is 0 Å². The summed E-state index contributed by atoms with van der Waals surface area (Å²) in [6, 6.07) is 0. The molecule has 44 heavy (non-hydrogen) atoms. The number of rotatable bonds is 12. The number of amides is 2. The molecular weight excluding hydrogens is 674 g/mol. The summed E-state index contributed by atoms with van der Waals surface area (Å²) in [6.45, 7) is -8.52. The van der Waals surface area contributed by atoms with Gasteiger partial charge in [-0.15, -0.1) is 0 Å². The Morgan fingerprint density at radius 1 is 0.523 bits per heavy atom. The molecule has 2 N–H and O–H groups in total. The smallest absolute Gasteiger partial charge is 0.460 e. The lowest BCUT2D eigenvalue weighted by Gasteiger charge is -2.39. The molecule has 2 unspecified atom stereocenters. The maximum Gasteiger partial charge on any atom is 0.460 e. The van der Waals surface area contributed by atoms with Crippen LogP contribution in [0.2, 0.25) is 0 Å². The zero-order chi connectivity index (χ0) is 35.1. The first kappa shape index (κ1) is 39.3. The second-order valence-corrected chi connectivity index (χ2v) is 9.93. The van der Waals surface area contributed by atoms with Crippen molar-refractivity contribution in [1.82, 2.24) is 9.80 Å². The van der Waals surface area contributed by atoms with E-state index in [1.165, 1.54) is 0 Å². The summed E-state index contributed by atoms with van der Waals surface area (Å²) in [7, 11) is 0. The lowest BCUT2D eigenvalue weighted by Crippen LogP contribution is -2.64. The Morgan fingerprint density at radius 3 is 1.02 bits per heavy atom. The van der Waals surface area contributed by atoms with Gasteiger partial charge in [0.25, 0.3) is 0 Å². The van der Waals surface area contributed by atoms with Crippen molar-refractivity contribution >= 4 is 12.2 Å². The van der Waals surface area contributed by atoms with Crippen LogP contribution in [0.4, 0.5) is 88.6 Å². The lowest BCUT2D eigenvalue weighted by molar-refractivity contribution is -0.396. The second-order valence-electron chi connectivity index (χ2n) is 9.93. The van der Waals surface area contributed by atoms with E-state index < -0.39 is 114 Å². The molecule has 1 aliphatic carbocycles. The molecule has 24 heteroatoms. The van der Waals surface area contributed by atoms with Crippen LogP contribution in [0.3, 0.4) is 0 Å². The third kappa shape index (κ3) is 7.56. The number of hydrogen-bond donors (Lipinski definition) is 2. The van der Waals surface area contributed by atoms with E-state index in [4.69, 9.17) is 10.2 Å². The van der Waals surface area contributed by atoms with E-state index in [2.05, 4.69) is 0 Å². The molecule has 0 aliphatic heterocycles. The number of nitrogens with zero attached hydrogens (tertiary/aromatic N) is 2. The van der Waals surface area contributed by atoms with Crippen LogP contribution < -0.4 is 0 Å². The Morgan fingerprint density at radius 2 is 0.795 bits per heavy atom. The molecule has 1 saturated carbocycles. The van der Waals surface area contributed by atoms with E-state index in [0.717, 1.165) is 0 Å². The number of hydrogen-bond acceptors (Lipinski definition) is 2. The molecule has 260 valence electrons. The number of alkyl halides is 18. The van der Waals surface area contributed by atoms with Gasteiger partial charge >= 0.3 is 60.1 Å². The molecule has 0 heterocycles. The molecular formula is C20H20F18N2O4. The van der Waals surface area contributed by atoms with E-state index in [1.54, 1.807) is 0 Å². The molecule has 0 saturated heterocycles. The topological polar surface area (TPSA) is 81.1 Å². The summed E-state index contributed by atoms with van der Waals surface area (Å²) in [5.41, 5.74) is 0. The molecule has 0 radical (unpaired) electrons. The Labute approximate surface area is 233 Å². The van der Waals surface area contributed by atoms with Gasteiger partial charge in [-0.2, -0.15) is 79.0 Å². The van der Waals surface area contributed by atoms with Gasteiger partial charge in [0, 0.05) is 13.1 Å². The van der Waals surface area contributed by atoms with E-state index in [0.29, 0.717) is 0 Å². The fourth-order valence-electron chi connectivity index (χ4n) is 4.27. The number of carbonyl (C=O) groups is 2. The van der Waals surface area contributed by atoms with Crippen molar-refractivity contribution in [2.45, 2.75) is 73.6 Å². The quantitative estimate of drug-likeness (QED) is 0.206. The highest BCUT2D eigenvalue weighted by atomic mass is 19.4. The molecule has 1 rings (SSSR count). The van der Waals surface area contributed by atoms with E-state index >= 15 is 0 Å². The Kier molecular flexibility index (Phi) is 10.9. The first-order valence-corrected chi connectivity index (χ1v) is 11.6. The van der Waals surface area contributed by atoms with E-state index in [1.807, 2.05) is 0 Å². The summed E-state index contributed by atoms with van der Waals surface area (Å²) >= 11 is 0. The highest BCUT2D eigenvalue weighted by molar-refractivity contribution is 5.65. The van der Waals surface area contributed by atoms with E-state index in [9.17, 15) is 88.6 Å². The molecule has 2 amide bonds. The Balaban J connectivity index is 3.13. The van der Waals surface area contributed by atoms with Crippen LogP contribution in [0.15, 0.2) is 0 Å². The zero-order valence-corrected chi connectivity index (χ0v) is 21.2. The van der Waals surface area contributed by atoms with Gasteiger partial charge in [0.15, 0.2) is 0 Å². The first-order chi connectivity index (χ1) is 19.3. The van der Waals surface area contributed by atoms with Gasteiger partial charge in [0.2, 0.25) is 0 Å². The van der Waals surface area contributed by atoms with Crippen LogP contribution in [-0.4, -0.2) is 106 Å². The van der Waals surface area contributed by atoms with Crippen LogP contribution in [0.5, 0.6) is 0 Å². The van der Waals surface area contributed by atoms with Crippen molar-refractivity contribution in [2.24, 2.45) is 11.8 Å². The fourth-order valence-corrected chi connectivity index (χ4v) is 4.27. The average Bonchev–Trinajstić information content (AvgIpc) is 2.81. The second kappa shape index (κ2) is 12.2. The van der Waals surface area contributed by atoms with Crippen LogP contribution >= 0.6 is 0 Å². The van der Waals surface area contributed by atoms with Gasteiger partial charge in [-0.05, 0) is 31.1 Å². The predicted molar refractivity (Wildman–Crippen MR) is 106 cm³/mol. The summed E-state index contributed by atoms with van der Waals surface area (Å²) in [6.07, 6.45) is -20.9. The van der Waals surface area contributed by atoms with Crippen molar-refractivity contribution in [3.05, 3.63) is 0 Å².